The average Bonchev–Trinajstić information content (AvgIpc) is 3.27. The van der Waals surface area contributed by atoms with Crippen molar-refractivity contribution in [3.8, 4) is 11.3 Å². The van der Waals surface area contributed by atoms with E-state index in [1.54, 1.807) is 13.1 Å². The summed E-state index contributed by atoms with van der Waals surface area (Å²) in [6.45, 7) is 2.66. The quantitative estimate of drug-likeness (QED) is 0.453. The highest BCUT2D eigenvalue weighted by Gasteiger charge is 2.21. The van der Waals surface area contributed by atoms with Gasteiger partial charge in [0.2, 0.25) is 5.95 Å². The molecule has 0 atom stereocenters. The third-order valence-electron chi connectivity index (χ3n) is 5.44. The highest BCUT2D eigenvalue weighted by molar-refractivity contribution is 6.04. The Morgan fingerprint density at radius 3 is 2.81 bits per heavy atom. The van der Waals surface area contributed by atoms with Crippen molar-refractivity contribution in [1.82, 2.24) is 19.9 Å². The van der Waals surface area contributed by atoms with Crippen LogP contribution >= 0.6 is 0 Å². The molecule has 5 rings (SSSR count). The lowest BCUT2D eigenvalue weighted by Crippen LogP contribution is -2.37. The molecule has 0 bridgehead atoms. The third kappa shape index (κ3) is 3.53. The van der Waals surface area contributed by atoms with Crippen LogP contribution in [0.3, 0.4) is 0 Å². The van der Waals surface area contributed by atoms with Gasteiger partial charge in [-0.3, -0.25) is 4.79 Å². The fraction of sp³-hybridized carbons (Fsp3) is 0.273. The Bertz CT molecular complexity index is 1280. The van der Waals surface area contributed by atoms with E-state index in [0.717, 1.165) is 22.2 Å². The van der Waals surface area contributed by atoms with Crippen molar-refractivity contribution in [2.75, 3.05) is 43.6 Å². The molecule has 1 fully saturated rings. The van der Waals surface area contributed by atoms with Crippen LogP contribution in [-0.4, -0.2) is 64.4 Å². The molecular formula is C22H22N6O3. The van der Waals surface area contributed by atoms with E-state index in [4.69, 9.17) is 14.7 Å². The van der Waals surface area contributed by atoms with Crippen LogP contribution in [0.25, 0.3) is 33.2 Å². The molecule has 1 saturated heterocycles. The Hall–Kier alpha value is -3.72. The fourth-order valence-corrected chi connectivity index (χ4v) is 3.97. The van der Waals surface area contributed by atoms with Crippen molar-refractivity contribution in [1.29, 1.82) is 0 Å². The monoisotopic (exact) mass is 418 g/mol. The number of nitrogens with zero attached hydrogens (tertiary/aromatic N) is 4. The molecule has 158 valence electrons. The van der Waals surface area contributed by atoms with Gasteiger partial charge in [0, 0.05) is 42.8 Å². The summed E-state index contributed by atoms with van der Waals surface area (Å²) in [4.78, 5) is 31.1. The molecule has 31 heavy (non-hydrogen) atoms. The number of H-pyrrole nitrogens is 1. The molecule has 0 amide bonds. The molecule has 3 N–H and O–H groups in total. The van der Waals surface area contributed by atoms with Gasteiger partial charge in [-0.25, -0.2) is 15.0 Å². The second-order valence-electron chi connectivity index (χ2n) is 7.39. The molecule has 0 aliphatic carbocycles. The maximum Gasteiger partial charge on any atom is 0.309 e. The zero-order valence-corrected chi connectivity index (χ0v) is 17.1. The number of rotatable bonds is 5. The summed E-state index contributed by atoms with van der Waals surface area (Å²) in [6, 6.07) is 9.73. The van der Waals surface area contributed by atoms with E-state index < -0.39 is 5.97 Å². The largest absolute Gasteiger partial charge is 0.481 e. The number of ether oxygens (including phenoxy) is 1. The normalized spacial score (nSPS) is 14.3. The van der Waals surface area contributed by atoms with Gasteiger partial charge in [-0.05, 0) is 18.2 Å². The summed E-state index contributed by atoms with van der Waals surface area (Å²) in [5.41, 5.74) is 5.01. The van der Waals surface area contributed by atoms with E-state index >= 15 is 0 Å². The predicted molar refractivity (Wildman–Crippen MR) is 119 cm³/mol. The van der Waals surface area contributed by atoms with E-state index in [-0.39, 0.29) is 6.42 Å². The van der Waals surface area contributed by atoms with Gasteiger partial charge in [-0.15, -0.1) is 0 Å². The molecular weight excluding hydrogens is 396 g/mol. The lowest BCUT2D eigenvalue weighted by Gasteiger charge is -2.27. The first-order valence-corrected chi connectivity index (χ1v) is 10.1. The number of benzene rings is 1. The Morgan fingerprint density at radius 2 is 2.03 bits per heavy atom. The molecule has 0 spiro atoms. The van der Waals surface area contributed by atoms with Gasteiger partial charge >= 0.3 is 5.97 Å². The van der Waals surface area contributed by atoms with Gasteiger partial charge in [0.1, 0.15) is 16.7 Å². The first-order valence-electron chi connectivity index (χ1n) is 10.1. The number of hydrogen-bond donors (Lipinski definition) is 3. The summed E-state index contributed by atoms with van der Waals surface area (Å²) >= 11 is 0. The molecule has 0 saturated carbocycles. The van der Waals surface area contributed by atoms with Gasteiger partial charge in [-0.2, -0.15) is 0 Å². The summed E-state index contributed by atoms with van der Waals surface area (Å²) in [7, 11) is 1.79. The first kappa shape index (κ1) is 19.3. The average molecular weight is 418 g/mol. The number of hydrogen-bond acceptors (Lipinski definition) is 7. The molecule has 9 nitrogen and oxygen atoms in total. The van der Waals surface area contributed by atoms with E-state index in [1.165, 1.54) is 0 Å². The number of aromatic nitrogens is 4. The Morgan fingerprint density at radius 1 is 1.19 bits per heavy atom. The molecule has 0 unspecified atom stereocenters. The Labute approximate surface area is 178 Å². The zero-order valence-electron chi connectivity index (χ0n) is 17.1. The molecule has 4 heterocycles. The minimum atomic E-state index is -0.936. The topological polar surface area (TPSA) is 116 Å². The number of anilines is 2. The van der Waals surface area contributed by atoms with E-state index in [0.29, 0.717) is 54.7 Å². The summed E-state index contributed by atoms with van der Waals surface area (Å²) in [5, 5.41) is 13.5. The Kier molecular flexibility index (Phi) is 4.87. The molecule has 9 heteroatoms. The van der Waals surface area contributed by atoms with E-state index in [2.05, 4.69) is 20.2 Å². The highest BCUT2D eigenvalue weighted by atomic mass is 16.5. The lowest BCUT2D eigenvalue weighted by atomic mass is 10.0. The molecule has 0 radical (unpaired) electrons. The molecule has 4 aromatic rings. The van der Waals surface area contributed by atoms with E-state index in [1.807, 2.05) is 30.5 Å². The third-order valence-corrected chi connectivity index (χ3v) is 5.44. The van der Waals surface area contributed by atoms with E-state index in [9.17, 15) is 9.90 Å². The number of aromatic amines is 1. The van der Waals surface area contributed by atoms with Gasteiger partial charge in [0.05, 0.1) is 31.0 Å². The molecule has 1 aromatic carbocycles. The standard InChI is InChI=1S/C22H22N6O3/c1-23-17-11-13(12-18(29)30)25-21-19(15-3-2-4-16-14(15)5-6-24-16)26-22(27-20(17)21)28-7-9-31-10-8-28/h2-6,11,24H,7-10,12H2,1H3,(H,23,25)(H,29,30). The van der Waals surface area contributed by atoms with Crippen molar-refractivity contribution >= 4 is 39.5 Å². The number of pyridine rings is 1. The first-order chi connectivity index (χ1) is 15.1. The molecule has 1 aliphatic rings. The van der Waals surface area contributed by atoms with Crippen LogP contribution in [0.15, 0.2) is 36.5 Å². The number of carboxylic acids is 1. The predicted octanol–water partition coefficient (Wildman–Crippen LogP) is 2.68. The number of morpholine rings is 1. The minimum Gasteiger partial charge on any atom is -0.481 e. The highest BCUT2D eigenvalue weighted by Crippen LogP contribution is 2.35. The van der Waals surface area contributed by atoms with Gasteiger partial charge in [-0.1, -0.05) is 12.1 Å². The number of nitrogens with one attached hydrogen (secondary N) is 2. The summed E-state index contributed by atoms with van der Waals surface area (Å²) in [5.74, 6) is -0.323. The Balaban J connectivity index is 1.81. The van der Waals surface area contributed by atoms with Gasteiger partial charge in [0.25, 0.3) is 0 Å². The summed E-state index contributed by atoms with van der Waals surface area (Å²) in [6.07, 6.45) is 1.71. The SMILES string of the molecule is CNc1cc(CC(=O)O)nc2c(-c3cccc4[nH]ccc34)nc(N3CCOCC3)nc12. The maximum atomic E-state index is 11.3. The lowest BCUT2D eigenvalue weighted by molar-refractivity contribution is -0.136. The molecule has 3 aromatic heterocycles. The van der Waals surface area contributed by atoms with Crippen molar-refractivity contribution in [3.63, 3.8) is 0 Å². The number of carbonyl (C=O) groups is 1. The number of fused-ring (bicyclic) bond motifs is 2. The van der Waals surface area contributed by atoms with Crippen LogP contribution in [0.5, 0.6) is 0 Å². The van der Waals surface area contributed by atoms with Crippen LogP contribution in [0.4, 0.5) is 11.6 Å². The van der Waals surface area contributed by atoms with Crippen molar-refractivity contribution in [2.24, 2.45) is 0 Å². The van der Waals surface area contributed by atoms with Crippen molar-refractivity contribution < 1.29 is 14.6 Å². The fourth-order valence-electron chi connectivity index (χ4n) is 3.97. The maximum absolute atomic E-state index is 11.3. The van der Waals surface area contributed by atoms with Crippen LogP contribution in [0.2, 0.25) is 0 Å². The molecule has 1 aliphatic heterocycles. The smallest absolute Gasteiger partial charge is 0.309 e. The van der Waals surface area contributed by atoms with Crippen molar-refractivity contribution in [2.45, 2.75) is 6.42 Å². The minimum absolute atomic E-state index is 0.177. The second-order valence-corrected chi connectivity index (χ2v) is 7.39. The van der Waals surface area contributed by atoms with Crippen LogP contribution in [0, 0.1) is 0 Å². The number of carboxylic acid groups (broad SMARTS) is 1. The number of aliphatic carboxylic acids is 1. The van der Waals surface area contributed by atoms with Gasteiger partial charge in [0.15, 0.2) is 0 Å². The van der Waals surface area contributed by atoms with Crippen LogP contribution in [0.1, 0.15) is 5.69 Å². The van der Waals surface area contributed by atoms with Crippen molar-refractivity contribution in [3.05, 3.63) is 42.2 Å². The second kappa shape index (κ2) is 7.84. The van der Waals surface area contributed by atoms with Crippen LogP contribution in [-0.2, 0) is 16.0 Å². The zero-order chi connectivity index (χ0) is 21.4. The summed E-state index contributed by atoms with van der Waals surface area (Å²) < 4.78 is 5.49. The van der Waals surface area contributed by atoms with Gasteiger partial charge < -0.3 is 25.0 Å². The van der Waals surface area contributed by atoms with Crippen LogP contribution < -0.4 is 10.2 Å².